The molecule has 0 saturated heterocycles. The molecule has 3 nitrogen and oxygen atoms in total. The number of carbonyl (C=O) groups is 1. The molecule has 2 N–H and O–H groups in total. The summed E-state index contributed by atoms with van der Waals surface area (Å²) in [6.07, 6.45) is 4.99. The lowest BCUT2D eigenvalue weighted by atomic mass is 10.1. The molecule has 1 fully saturated rings. The molecule has 1 aliphatic rings. The zero-order valence-corrected chi connectivity index (χ0v) is 12.0. The molecule has 0 aliphatic heterocycles. The summed E-state index contributed by atoms with van der Waals surface area (Å²) in [5, 5.41) is 6.86. The van der Waals surface area contributed by atoms with Gasteiger partial charge in [-0.3, -0.25) is 4.79 Å². The Balaban J connectivity index is 1.72. The fraction of sp³-hybridized carbons (Fsp3) is 0.533. The zero-order chi connectivity index (χ0) is 13.7. The van der Waals surface area contributed by atoms with Crippen molar-refractivity contribution in [1.82, 2.24) is 5.32 Å². The number of carbonyl (C=O) groups excluding carboxylic acids is 1. The fourth-order valence-electron chi connectivity index (χ4n) is 2.13. The third kappa shape index (κ3) is 5.21. The van der Waals surface area contributed by atoms with Crippen molar-refractivity contribution in [2.24, 2.45) is 5.92 Å². The molecule has 1 amide bonds. The number of halogens is 1. The van der Waals surface area contributed by atoms with Crippen LogP contribution < -0.4 is 10.6 Å². The van der Waals surface area contributed by atoms with Gasteiger partial charge in [-0.05, 0) is 43.0 Å². The number of benzene rings is 1. The molecule has 2 rings (SSSR count). The van der Waals surface area contributed by atoms with Crippen molar-refractivity contribution < 1.29 is 4.79 Å². The topological polar surface area (TPSA) is 41.1 Å². The quantitative estimate of drug-likeness (QED) is 0.803. The van der Waals surface area contributed by atoms with Gasteiger partial charge in [0.15, 0.2) is 0 Å². The normalized spacial score (nSPS) is 16.1. The minimum absolute atomic E-state index is 0.00318. The molecule has 0 heterocycles. The molecule has 4 heteroatoms. The molecule has 19 heavy (non-hydrogen) atoms. The minimum Gasteiger partial charge on any atom is -0.325 e. The van der Waals surface area contributed by atoms with E-state index in [0.717, 1.165) is 18.0 Å². The summed E-state index contributed by atoms with van der Waals surface area (Å²) >= 11 is 5.80. The summed E-state index contributed by atoms with van der Waals surface area (Å²) in [5.41, 5.74) is 0.784. The van der Waals surface area contributed by atoms with Gasteiger partial charge in [-0.1, -0.05) is 31.4 Å². The van der Waals surface area contributed by atoms with Crippen LogP contribution in [0.15, 0.2) is 24.3 Å². The van der Waals surface area contributed by atoms with E-state index in [1.807, 2.05) is 12.1 Å². The Morgan fingerprint density at radius 1 is 1.37 bits per heavy atom. The number of anilines is 1. The van der Waals surface area contributed by atoms with Gasteiger partial charge in [-0.15, -0.1) is 0 Å². The van der Waals surface area contributed by atoms with Gasteiger partial charge in [0.25, 0.3) is 0 Å². The van der Waals surface area contributed by atoms with E-state index in [-0.39, 0.29) is 5.91 Å². The number of rotatable bonds is 7. The first-order valence-corrected chi connectivity index (χ1v) is 7.34. The molecule has 1 aromatic carbocycles. The monoisotopic (exact) mass is 280 g/mol. The maximum absolute atomic E-state index is 11.8. The number of hydrogen-bond donors (Lipinski definition) is 2. The van der Waals surface area contributed by atoms with Crippen molar-refractivity contribution in [3.8, 4) is 0 Å². The Hall–Kier alpha value is -1.06. The summed E-state index contributed by atoms with van der Waals surface area (Å²) in [6, 6.07) is 7.62. The van der Waals surface area contributed by atoms with Crippen LogP contribution in [-0.4, -0.2) is 18.5 Å². The van der Waals surface area contributed by atoms with Gasteiger partial charge in [0.05, 0.1) is 6.54 Å². The van der Waals surface area contributed by atoms with E-state index < -0.39 is 0 Å². The Bertz CT molecular complexity index is 415. The molecular formula is C15H21ClN2O. The van der Waals surface area contributed by atoms with Crippen molar-refractivity contribution in [1.29, 1.82) is 0 Å². The minimum atomic E-state index is -0.00318. The molecule has 1 saturated carbocycles. The van der Waals surface area contributed by atoms with Crippen molar-refractivity contribution in [3.05, 3.63) is 29.3 Å². The van der Waals surface area contributed by atoms with E-state index in [1.54, 1.807) is 12.1 Å². The summed E-state index contributed by atoms with van der Waals surface area (Å²) in [4.78, 5) is 11.8. The van der Waals surface area contributed by atoms with Gasteiger partial charge in [-0.25, -0.2) is 0 Å². The van der Waals surface area contributed by atoms with Crippen molar-refractivity contribution in [2.75, 3.05) is 11.9 Å². The average molecular weight is 281 g/mol. The number of amides is 1. The Kier molecular flexibility index (Phi) is 5.23. The lowest BCUT2D eigenvalue weighted by Gasteiger charge is -2.16. The van der Waals surface area contributed by atoms with Crippen LogP contribution in [0.1, 0.15) is 32.6 Å². The van der Waals surface area contributed by atoms with Gasteiger partial charge in [0, 0.05) is 16.8 Å². The SMILES string of the molecule is CCC(CC1CC1)NCC(=O)Nc1ccc(Cl)cc1. The maximum Gasteiger partial charge on any atom is 0.238 e. The van der Waals surface area contributed by atoms with Crippen LogP contribution in [0.25, 0.3) is 0 Å². The van der Waals surface area contributed by atoms with Crippen LogP contribution in [0.5, 0.6) is 0 Å². The highest BCUT2D eigenvalue weighted by Gasteiger charge is 2.24. The predicted molar refractivity (Wildman–Crippen MR) is 79.5 cm³/mol. The molecule has 0 spiro atoms. The van der Waals surface area contributed by atoms with E-state index in [9.17, 15) is 4.79 Å². The molecule has 0 aromatic heterocycles. The second-order valence-electron chi connectivity index (χ2n) is 5.22. The van der Waals surface area contributed by atoms with Gasteiger partial charge in [-0.2, -0.15) is 0 Å². The molecule has 104 valence electrons. The lowest BCUT2D eigenvalue weighted by molar-refractivity contribution is -0.115. The first-order valence-electron chi connectivity index (χ1n) is 6.96. The highest BCUT2D eigenvalue weighted by molar-refractivity contribution is 6.30. The van der Waals surface area contributed by atoms with E-state index in [1.165, 1.54) is 19.3 Å². The maximum atomic E-state index is 11.8. The first kappa shape index (κ1) is 14.4. The Morgan fingerprint density at radius 2 is 2.05 bits per heavy atom. The standard InChI is InChI=1S/C15H21ClN2O/c1-2-13(9-11-3-4-11)17-10-15(19)18-14-7-5-12(16)6-8-14/h5-8,11,13,17H,2-4,9-10H2,1H3,(H,18,19). The molecular weight excluding hydrogens is 260 g/mol. The van der Waals surface area contributed by atoms with Gasteiger partial charge < -0.3 is 10.6 Å². The van der Waals surface area contributed by atoms with Gasteiger partial charge in [0.2, 0.25) is 5.91 Å². The predicted octanol–water partition coefficient (Wildman–Crippen LogP) is 3.45. The number of hydrogen-bond acceptors (Lipinski definition) is 2. The van der Waals surface area contributed by atoms with Crippen LogP contribution in [-0.2, 0) is 4.79 Å². The Morgan fingerprint density at radius 3 is 2.63 bits per heavy atom. The largest absolute Gasteiger partial charge is 0.325 e. The van der Waals surface area contributed by atoms with E-state index >= 15 is 0 Å². The van der Waals surface area contributed by atoms with Crippen molar-refractivity contribution in [3.63, 3.8) is 0 Å². The van der Waals surface area contributed by atoms with E-state index in [0.29, 0.717) is 17.6 Å². The van der Waals surface area contributed by atoms with Crippen molar-refractivity contribution in [2.45, 2.75) is 38.6 Å². The van der Waals surface area contributed by atoms with Gasteiger partial charge >= 0.3 is 0 Å². The number of nitrogens with one attached hydrogen (secondary N) is 2. The second kappa shape index (κ2) is 6.92. The lowest BCUT2D eigenvalue weighted by Crippen LogP contribution is -2.36. The second-order valence-corrected chi connectivity index (χ2v) is 5.66. The summed E-state index contributed by atoms with van der Waals surface area (Å²) in [6.45, 7) is 2.53. The molecule has 0 radical (unpaired) electrons. The van der Waals surface area contributed by atoms with Crippen LogP contribution in [0.4, 0.5) is 5.69 Å². The highest BCUT2D eigenvalue weighted by atomic mass is 35.5. The average Bonchev–Trinajstić information content (AvgIpc) is 3.21. The molecule has 1 aliphatic carbocycles. The Labute approximate surface area is 119 Å². The molecule has 1 aromatic rings. The third-order valence-electron chi connectivity index (χ3n) is 3.49. The fourth-order valence-corrected chi connectivity index (χ4v) is 2.25. The smallest absolute Gasteiger partial charge is 0.238 e. The summed E-state index contributed by atoms with van der Waals surface area (Å²) in [7, 11) is 0. The first-order chi connectivity index (χ1) is 9.17. The van der Waals surface area contributed by atoms with Gasteiger partial charge in [0.1, 0.15) is 0 Å². The third-order valence-corrected chi connectivity index (χ3v) is 3.74. The van der Waals surface area contributed by atoms with E-state index in [2.05, 4.69) is 17.6 Å². The summed E-state index contributed by atoms with van der Waals surface area (Å²) in [5.74, 6) is 0.883. The van der Waals surface area contributed by atoms with Crippen LogP contribution in [0.3, 0.4) is 0 Å². The molecule has 0 bridgehead atoms. The highest BCUT2D eigenvalue weighted by Crippen LogP contribution is 2.33. The zero-order valence-electron chi connectivity index (χ0n) is 11.3. The molecule has 1 atom stereocenters. The van der Waals surface area contributed by atoms with Crippen LogP contribution >= 0.6 is 11.6 Å². The van der Waals surface area contributed by atoms with Crippen molar-refractivity contribution >= 4 is 23.2 Å². The van der Waals surface area contributed by atoms with Crippen LogP contribution in [0, 0.1) is 5.92 Å². The van der Waals surface area contributed by atoms with E-state index in [4.69, 9.17) is 11.6 Å². The van der Waals surface area contributed by atoms with Crippen LogP contribution in [0.2, 0.25) is 5.02 Å². The molecule has 1 unspecified atom stereocenters. The summed E-state index contributed by atoms with van der Waals surface area (Å²) < 4.78 is 0.